The van der Waals surface area contributed by atoms with Crippen LogP contribution in [0.2, 0.25) is 0 Å². The SMILES string of the molecule is C=CC(=O)OC.CC(C)c1ccccc1C(=O)c1ccccc1. The summed E-state index contributed by atoms with van der Waals surface area (Å²) in [5.41, 5.74) is 2.68. The molecule has 120 valence electrons. The highest BCUT2D eigenvalue weighted by atomic mass is 16.5. The highest BCUT2D eigenvalue weighted by molar-refractivity contribution is 6.09. The van der Waals surface area contributed by atoms with Gasteiger partial charge < -0.3 is 4.74 Å². The van der Waals surface area contributed by atoms with Crippen LogP contribution in [-0.2, 0) is 9.53 Å². The van der Waals surface area contributed by atoms with Gasteiger partial charge in [-0.3, -0.25) is 4.79 Å². The minimum absolute atomic E-state index is 0.106. The summed E-state index contributed by atoms with van der Waals surface area (Å²) in [4.78, 5) is 22.2. The summed E-state index contributed by atoms with van der Waals surface area (Å²) in [5, 5.41) is 0. The van der Waals surface area contributed by atoms with Crippen LogP contribution in [0.25, 0.3) is 0 Å². The molecular formula is C20H22O3. The van der Waals surface area contributed by atoms with Crippen molar-refractivity contribution in [2.24, 2.45) is 0 Å². The van der Waals surface area contributed by atoms with Gasteiger partial charge in [0, 0.05) is 17.2 Å². The number of esters is 1. The molecule has 2 rings (SSSR count). The fraction of sp³-hybridized carbons (Fsp3) is 0.200. The molecule has 0 bridgehead atoms. The van der Waals surface area contributed by atoms with Gasteiger partial charge in [0.05, 0.1) is 7.11 Å². The van der Waals surface area contributed by atoms with E-state index in [9.17, 15) is 9.59 Å². The van der Waals surface area contributed by atoms with Gasteiger partial charge in [-0.25, -0.2) is 4.79 Å². The molecule has 0 spiro atoms. The molecule has 3 heteroatoms. The minimum atomic E-state index is -0.394. The number of methoxy groups -OCH3 is 1. The molecule has 2 aromatic rings. The van der Waals surface area contributed by atoms with E-state index in [2.05, 4.69) is 25.2 Å². The molecule has 0 saturated heterocycles. The van der Waals surface area contributed by atoms with E-state index >= 15 is 0 Å². The zero-order chi connectivity index (χ0) is 17.2. The second kappa shape index (κ2) is 9.36. The van der Waals surface area contributed by atoms with E-state index in [0.717, 1.165) is 22.8 Å². The summed E-state index contributed by atoms with van der Waals surface area (Å²) in [6.07, 6.45) is 1.11. The Balaban J connectivity index is 0.000000379. The Hall–Kier alpha value is -2.68. The Morgan fingerprint density at radius 3 is 2.04 bits per heavy atom. The molecule has 0 aliphatic heterocycles. The summed E-state index contributed by atoms with van der Waals surface area (Å²) < 4.78 is 4.14. The molecule has 23 heavy (non-hydrogen) atoms. The smallest absolute Gasteiger partial charge is 0.329 e. The molecule has 0 N–H and O–H groups in total. The van der Waals surface area contributed by atoms with Crippen molar-refractivity contribution in [3.05, 3.63) is 83.9 Å². The summed E-state index contributed by atoms with van der Waals surface area (Å²) in [6.45, 7) is 7.37. The maximum atomic E-state index is 12.4. The van der Waals surface area contributed by atoms with Crippen molar-refractivity contribution in [1.82, 2.24) is 0 Å². The lowest BCUT2D eigenvalue weighted by molar-refractivity contribution is -0.134. The van der Waals surface area contributed by atoms with Crippen molar-refractivity contribution in [2.45, 2.75) is 19.8 Å². The number of carbonyl (C=O) groups excluding carboxylic acids is 2. The predicted molar refractivity (Wildman–Crippen MR) is 92.6 cm³/mol. The lowest BCUT2D eigenvalue weighted by Crippen LogP contribution is -2.06. The number of ketones is 1. The Morgan fingerprint density at radius 2 is 1.57 bits per heavy atom. The van der Waals surface area contributed by atoms with Crippen LogP contribution >= 0.6 is 0 Å². The Kier molecular flexibility index (Phi) is 7.48. The van der Waals surface area contributed by atoms with Crippen LogP contribution in [0.1, 0.15) is 41.3 Å². The first kappa shape index (κ1) is 18.4. The number of hydrogen-bond acceptors (Lipinski definition) is 3. The first-order valence-electron chi connectivity index (χ1n) is 7.40. The van der Waals surface area contributed by atoms with Gasteiger partial charge in [0.1, 0.15) is 0 Å². The molecule has 0 aliphatic rings. The monoisotopic (exact) mass is 310 g/mol. The Bertz CT molecular complexity index is 658. The van der Waals surface area contributed by atoms with E-state index in [1.54, 1.807) is 0 Å². The summed E-state index contributed by atoms with van der Waals surface area (Å²) in [7, 11) is 1.31. The second-order valence-corrected chi connectivity index (χ2v) is 5.16. The number of hydrogen-bond donors (Lipinski definition) is 0. The molecule has 0 aliphatic carbocycles. The van der Waals surface area contributed by atoms with Crippen molar-refractivity contribution in [3.8, 4) is 0 Å². The summed E-state index contributed by atoms with van der Waals surface area (Å²) in [5.74, 6) is 0.0729. The van der Waals surface area contributed by atoms with Gasteiger partial charge >= 0.3 is 5.97 Å². The first-order valence-corrected chi connectivity index (χ1v) is 7.40. The molecule has 0 unspecified atom stereocenters. The van der Waals surface area contributed by atoms with Gasteiger partial charge in [-0.05, 0) is 11.5 Å². The van der Waals surface area contributed by atoms with Crippen LogP contribution in [0.4, 0.5) is 0 Å². The topological polar surface area (TPSA) is 43.4 Å². The molecule has 0 saturated carbocycles. The fourth-order valence-electron chi connectivity index (χ4n) is 2.04. The number of rotatable bonds is 4. The molecular weight excluding hydrogens is 288 g/mol. The third-order valence-corrected chi connectivity index (χ3v) is 3.23. The first-order chi connectivity index (χ1) is 11.0. The fourth-order valence-corrected chi connectivity index (χ4v) is 2.04. The lowest BCUT2D eigenvalue weighted by atomic mass is 9.92. The number of benzene rings is 2. The zero-order valence-corrected chi connectivity index (χ0v) is 13.8. The highest BCUT2D eigenvalue weighted by Crippen LogP contribution is 2.21. The minimum Gasteiger partial charge on any atom is -0.466 e. The molecule has 3 nitrogen and oxygen atoms in total. The van der Waals surface area contributed by atoms with Gasteiger partial charge in [-0.1, -0.05) is 75.0 Å². The van der Waals surface area contributed by atoms with Crippen molar-refractivity contribution >= 4 is 11.8 Å². The van der Waals surface area contributed by atoms with Crippen molar-refractivity contribution in [2.75, 3.05) is 7.11 Å². The van der Waals surface area contributed by atoms with E-state index in [0.29, 0.717) is 5.92 Å². The average Bonchev–Trinajstić information content (AvgIpc) is 2.61. The molecule has 0 radical (unpaired) electrons. The summed E-state index contributed by atoms with van der Waals surface area (Å²) in [6, 6.07) is 17.3. The Labute approximate surface area is 137 Å². The largest absolute Gasteiger partial charge is 0.466 e. The average molecular weight is 310 g/mol. The third-order valence-electron chi connectivity index (χ3n) is 3.23. The van der Waals surface area contributed by atoms with Crippen LogP contribution in [0, 0.1) is 0 Å². The van der Waals surface area contributed by atoms with Crippen molar-refractivity contribution in [3.63, 3.8) is 0 Å². The highest BCUT2D eigenvalue weighted by Gasteiger charge is 2.14. The molecule has 2 aromatic carbocycles. The van der Waals surface area contributed by atoms with Crippen LogP contribution in [0.15, 0.2) is 67.3 Å². The van der Waals surface area contributed by atoms with Gasteiger partial charge in [0.15, 0.2) is 5.78 Å². The van der Waals surface area contributed by atoms with Crippen LogP contribution in [-0.4, -0.2) is 18.9 Å². The molecule has 0 amide bonds. The maximum Gasteiger partial charge on any atom is 0.329 e. The number of carbonyl (C=O) groups is 2. The van der Waals surface area contributed by atoms with Crippen LogP contribution in [0.3, 0.4) is 0 Å². The normalized spacial score (nSPS) is 9.57. The molecule has 0 aromatic heterocycles. The third kappa shape index (κ3) is 5.55. The standard InChI is InChI=1S/C16H16O.C4H6O2/c1-12(2)14-10-6-7-11-15(14)16(17)13-8-4-3-5-9-13;1-3-4(5)6-2/h3-12H,1-2H3;3H,1H2,2H3. The van der Waals surface area contributed by atoms with Crippen LogP contribution in [0.5, 0.6) is 0 Å². The second-order valence-electron chi connectivity index (χ2n) is 5.16. The van der Waals surface area contributed by atoms with E-state index in [1.807, 2.05) is 54.6 Å². The van der Waals surface area contributed by atoms with Gasteiger partial charge in [-0.15, -0.1) is 0 Å². The van der Waals surface area contributed by atoms with Crippen molar-refractivity contribution < 1.29 is 14.3 Å². The lowest BCUT2D eigenvalue weighted by Gasteiger charge is -2.11. The van der Waals surface area contributed by atoms with E-state index in [4.69, 9.17) is 0 Å². The van der Waals surface area contributed by atoms with Gasteiger partial charge in [-0.2, -0.15) is 0 Å². The quantitative estimate of drug-likeness (QED) is 0.478. The zero-order valence-electron chi connectivity index (χ0n) is 13.8. The maximum absolute atomic E-state index is 12.4. The molecule has 0 heterocycles. The summed E-state index contributed by atoms with van der Waals surface area (Å²) >= 11 is 0. The van der Waals surface area contributed by atoms with Crippen molar-refractivity contribution in [1.29, 1.82) is 0 Å². The van der Waals surface area contributed by atoms with Crippen LogP contribution < -0.4 is 0 Å². The molecule has 0 fully saturated rings. The van der Waals surface area contributed by atoms with E-state index in [-0.39, 0.29) is 5.78 Å². The van der Waals surface area contributed by atoms with Gasteiger partial charge in [0.25, 0.3) is 0 Å². The van der Waals surface area contributed by atoms with Gasteiger partial charge in [0.2, 0.25) is 0 Å². The molecule has 0 atom stereocenters. The Morgan fingerprint density at radius 1 is 1.00 bits per heavy atom. The number of ether oxygens (including phenoxy) is 1. The van der Waals surface area contributed by atoms with E-state index < -0.39 is 5.97 Å². The predicted octanol–water partition coefficient (Wildman–Crippen LogP) is 4.39. The van der Waals surface area contributed by atoms with E-state index in [1.165, 1.54) is 7.11 Å².